The van der Waals surface area contributed by atoms with Gasteiger partial charge in [0.05, 0.1) is 30.2 Å². The molecule has 0 unspecified atom stereocenters. The Labute approximate surface area is 163 Å². The molecule has 5 nitrogen and oxygen atoms in total. The van der Waals surface area contributed by atoms with E-state index in [2.05, 4.69) is 15.6 Å². The molecular weight excluding hydrogens is 362 g/mol. The van der Waals surface area contributed by atoms with Crippen LogP contribution >= 0.6 is 11.6 Å². The minimum Gasteiger partial charge on any atom is -0.495 e. The fourth-order valence-corrected chi connectivity index (χ4v) is 2.71. The summed E-state index contributed by atoms with van der Waals surface area (Å²) in [4.78, 5) is 16.7. The zero-order chi connectivity index (χ0) is 19.4. The Balaban J connectivity index is 1.80. The van der Waals surface area contributed by atoms with Gasteiger partial charge in [0.1, 0.15) is 5.75 Å². The summed E-state index contributed by atoms with van der Waals surface area (Å²) in [6.07, 6.45) is 3.17. The summed E-state index contributed by atoms with van der Waals surface area (Å²) < 4.78 is 5.37. The van der Waals surface area contributed by atoms with Crippen LogP contribution in [-0.4, -0.2) is 18.0 Å². The van der Waals surface area contributed by atoms with Gasteiger partial charge in [0.2, 0.25) is 0 Å². The van der Waals surface area contributed by atoms with Gasteiger partial charge in [-0.05, 0) is 43.7 Å². The number of methoxy groups -OCH3 is 1. The number of aromatic nitrogens is 1. The van der Waals surface area contributed by atoms with E-state index >= 15 is 0 Å². The summed E-state index contributed by atoms with van der Waals surface area (Å²) >= 11 is 6.15. The number of halogens is 1. The molecule has 3 rings (SSSR count). The van der Waals surface area contributed by atoms with Crippen LogP contribution < -0.4 is 15.4 Å². The monoisotopic (exact) mass is 381 g/mol. The molecule has 0 saturated carbocycles. The second-order valence-corrected chi connectivity index (χ2v) is 6.62. The van der Waals surface area contributed by atoms with Crippen molar-refractivity contribution in [1.82, 2.24) is 4.98 Å². The van der Waals surface area contributed by atoms with Crippen molar-refractivity contribution in [2.24, 2.45) is 0 Å². The first-order valence-corrected chi connectivity index (χ1v) is 8.78. The number of hydrogen-bond acceptors (Lipinski definition) is 4. The van der Waals surface area contributed by atoms with Crippen LogP contribution in [0.1, 0.15) is 21.5 Å². The Bertz CT molecular complexity index is 972. The Morgan fingerprint density at radius 2 is 1.78 bits per heavy atom. The van der Waals surface area contributed by atoms with Gasteiger partial charge in [-0.1, -0.05) is 29.3 Å². The standard InChI is InChI=1S/C21H20ClN3O2/c1-13-4-6-16(7-5-13)25-21(26)15-9-17(12-23-11-15)24-19-8-14(2)18(22)10-20(19)27-3/h4-12,24H,1-3H3,(H,25,26). The zero-order valence-electron chi connectivity index (χ0n) is 15.3. The maximum atomic E-state index is 12.5. The highest BCUT2D eigenvalue weighted by molar-refractivity contribution is 6.31. The smallest absolute Gasteiger partial charge is 0.257 e. The molecule has 0 aliphatic rings. The second kappa shape index (κ2) is 8.10. The highest BCUT2D eigenvalue weighted by atomic mass is 35.5. The van der Waals surface area contributed by atoms with Crippen molar-refractivity contribution < 1.29 is 9.53 Å². The van der Waals surface area contributed by atoms with Crippen molar-refractivity contribution in [3.05, 3.63) is 76.6 Å². The van der Waals surface area contributed by atoms with Crippen LogP contribution in [0.3, 0.4) is 0 Å². The van der Waals surface area contributed by atoms with E-state index < -0.39 is 0 Å². The van der Waals surface area contributed by atoms with Crippen LogP contribution in [0.2, 0.25) is 5.02 Å². The Kier molecular flexibility index (Phi) is 5.62. The molecule has 1 heterocycles. The van der Waals surface area contributed by atoms with Crippen LogP contribution in [0.4, 0.5) is 17.1 Å². The fourth-order valence-electron chi connectivity index (χ4n) is 2.56. The molecule has 138 valence electrons. The van der Waals surface area contributed by atoms with E-state index in [1.54, 1.807) is 25.4 Å². The molecule has 0 aliphatic carbocycles. The average molecular weight is 382 g/mol. The van der Waals surface area contributed by atoms with E-state index in [1.807, 2.05) is 44.2 Å². The van der Waals surface area contributed by atoms with Gasteiger partial charge >= 0.3 is 0 Å². The predicted octanol–water partition coefficient (Wildman–Crippen LogP) is 5.36. The molecule has 0 saturated heterocycles. The van der Waals surface area contributed by atoms with Crippen LogP contribution in [0.15, 0.2) is 54.9 Å². The van der Waals surface area contributed by atoms with Gasteiger partial charge in [-0.15, -0.1) is 0 Å². The summed E-state index contributed by atoms with van der Waals surface area (Å²) in [6, 6.07) is 13.0. The lowest BCUT2D eigenvalue weighted by molar-refractivity contribution is 0.102. The molecule has 0 fully saturated rings. The summed E-state index contributed by atoms with van der Waals surface area (Å²) in [7, 11) is 1.58. The highest BCUT2D eigenvalue weighted by Gasteiger charge is 2.11. The SMILES string of the molecule is COc1cc(Cl)c(C)cc1Nc1cncc(C(=O)Nc2ccc(C)cc2)c1. The van der Waals surface area contributed by atoms with Crippen LogP contribution in [0.5, 0.6) is 5.75 Å². The number of aryl methyl sites for hydroxylation is 2. The molecule has 0 atom stereocenters. The lowest BCUT2D eigenvalue weighted by Crippen LogP contribution is -2.12. The van der Waals surface area contributed by atoms with E-state index in [4.69, 9.17) is 16.3 Å². The van der Waals surface area contributed by atoms with Gasteiger partial charge in [-0.2, -0.15) is 0 Å². The molecule has 1 amide bonds. The van der Waals surface area contributed by atoms with Crippen molar-refractivity contribution in [3.63, 3.8) is 0 Å². The molecule has 0 aliphatic heterocycles. The van der Waals surface area contributed by atoms with Gasteiger partial charge in [0.25, 0.3) is 5.91 Å². The number of benzene rings is 2. The molecular formula is C21H20ClN3O2. The molecule has 2 N–H and O–H groups in total. The number of ether oxygens (including phenoxy) is 1. The van der Waals surface area contributed by atoms with Crippen LogP contribution in [0, 0.1) is 13.8 Å². The summed E-state index contributed by atoms with van der Waals surface area (Å²) in [5.74, 6) is 0.384. The second-order valence-electron chi connectivity index (χ2n) is 6.21. The third-order valence-electron chi connectivity index (χ3n) is 4.07. The van der Waals surface area contributed by atoms with E-state index in [0.717, 1.165) is 22.5 Å². The van der Waals surface area contributed by atoms with Crippen LogP contribution in [0.25, 0.3) is 0 Å². The minimum absolute atomic E-state index is 0.228. The average Bonchev–Trinajstić information content (AvgIpc) is 2.66. The first kappa shape index (κ1) is 18.7. The van der Waals surface area contributed by atoms with Gasteiger partial charge in [0, 0.05) is 23.0 Å². The summed E-state index contributed by atoms with van der Waals surface area (Å²) in [5, 5.41) is 6.73. The van der Waals surface area contributed by atoms with Gasteiger partial charge in [-0.25, -0.2) is 0 Å². The van der Waals surface area contributed by atoms with Crippen molar-refractivity contribution in [2.75, 3.05) is 17.7 Å². The third kappa shape index (κ3) is 4.57. The lowest BCUT2D eigenvalue weighted by atomic mass is 10.2. The number of carbonyl (C=O) groups excluding carboxylic acids is 1. The first-order valence-electron chi connectivity index (χ1n) is 8.40. The molecule has 3 aromatic rings. The molecule has 0 bridgehead atoms. The molecule has 6 heteroatoms. The minimum atomic E-state index is -0.228. The Hall–Kier alpha value is -3.05. The summed E-state index contributed by atoms with van der Waals surface area (Å²) in [5.41, 5.74) is 4.65. The quantitative estimate of drug-likeness (QED) is 0.624. The molecule has 27 heavy (non-hydrogen) atoms. The van der Waals surface area contributed by atoms with E-state index in [9.17, 15) is 4.79 Å². The van der Waals surface area contributed by atoms with Crippen molar-refractivity contribution in [1.29, 1.82) is 0 Å². The van der Waals surface area contributed by atoms with Crippen LogP contribution in [-0.2, 0) is 0 Å². The Morgan fingerprint density at radius 3 is 2.48 bits per heavy atom. The largest absolute Gasteiger partial charge is 0.495 e. The number of pyridine rings is 1. The number of hydrogen-bond donors (Lipinski definition) is 2. The normalized spacial score (nSPS) is 10.4. The Morgan fingerprint density at radius 1 is 1.04 bits per heavy atom. The molecule has 1 aromatic heterocycles. The maximum Gasteiger partial charge on any atom is 0.257 e. The number of rotatable bonds is 5. The first-order chi connectivity index (χ1) is 13.0. The lowest BCUT2D eigenvalue weighted by Gasteiger charge is -2.13. The van der Waals surface area contributed by atoms with Gasteiger partial charge in [-0.3, -0.25) is 9.78 Å². The fraction of sp³-hybridized carbons (Fsp3) is 0.143. The molecule has 2 aromatic carbocycles. The van der Waals surface area contributed by atoms with E-state index in [-0.39, 0.29) is 5.91 Å². The van der Waals surface area contributed by atoms with Crippen molar-refractivity contribution in [2.45, 2.75) is 13.8 Å². The topological polar surface area (TPSA) is 63.2 Å². The predicted molar refractivity (Wildman–Crippen MR) is 109 cm³/mol. The molecule has 0 spiro atoms. The van der Waals surface area contributed by atoms with Gasteiger partial charge < -0.3 is 15.4 Å². The number of carbonyl (C=O) groups is 1. The van der Waals surface area contributed by atoms with Crippen molar-refractivity contribution >= 4 is 34.6 Å². The van der Waals surface area contributed by atoms with Gasteiger partial charge in [0.15, 0.2) is 0 Å². The zero-order valence-corrected chi connectivity index (χ0v) is 16.1. The summed E-state index contributed by atoms with van der Waals surface area (Å²) in [6.45, 7) is 3.91. The number of nitrogens with zero attached hydrogens (tertiary/aromatic N) is 1. The number of amides is 1. The number of nitrogens with one attached hydrogen (secondary N) is 2. The third-order valence-corrected chi connectivity index (χ3v) is 4.48. The van der Waals surface area contributed by atoms with Crippen molar-refractivity contribution in [3.8, 4) is 5.75 Å². The van der Waals surface area contributed by atoms with E-state index in [0.29, 0.717) is 22.0 Å². The maximum absolute atomic E-state index is 12.5. The highest BCUT2D eigenvalue weighted by Crippen LogP contribution is 2.33. The molecule has 0 radical (unpaired) electrons. The van der Waals surface area contributed by atoms with E-state index in [1.165, 1.54) is 6.20 Å². The number of anilines is 3.